The number of rotatable bonds is 7. The van der Waals surface area contributed by atoms with Gasteiger partial charge in [-0.15, -0.1) is 0 Å². The van der Waals surface area contributed by atoms with Crippen molar-refractivity contribution in [1.82, 2.24) is 0 Å². The Morgan fingerprint density at radius 2 is 1.69 bits per heavy atom. The van der Waals surface area contributed by atoms with Gasteiger partial charge in [-0.05, 0) is 55.3 Å². The fourth-order valence-corrected chi connectivity index (χ4v) is 2.21. The van der Waals surface area contributed by atoms with Crippen LogP contribution in [0.25, 0.3) is 0 Å². The summed E-state index contributed by atoms with van der Waals surface area (Å²) < 4.78 is 18.4. The molecule has 136 valence electrons. The molecule has 0 fully saturated rings. The quantitative estimate of drug-likeness (QED) is 0.602. The standard InChI is InChI=1S/C20H20FNO4/c1-3-4-19(24)22-16-9-7-14(8-10-16)18(23)12-26-20(25)15-6-5-13(2)17(21)11-15/h5-11H,3-4,12H2,1-2H3,(H,22,24). The molecule has 0 saturated heterocycles. The van der Waals surface area contributed by atoms with E-state index < -0.39 is 24.2 Å². The third-order valence-corrected chi connectivity index (χ3v) is 3.71. The molecule has 0 saturated carbocycles. The molecule has 0 spiro atoms. The van der Waals surface area contributed by atoms with Crippen LogP contribution in [0.5, 0.6) is 0 Å². The van der Waals surface area contributed by atoms with Crippen LogP contribution >= 0.6 is 0 Å². The number of halogens is 1. The first-order chi connectivity index (χ1) is 12.4. The van der Waals surface area contributed by atoms with Crippen molar-refractivity contribution >= 4 is 23.3 Å². The molecule has 5 nitrogen and oxygen atoms in total. The molecule has 2 rings (SSSR count). The van der Waals surface area contributed by atoms with Gasteiger partial charge in [0.05, 0.1) is 5.56 Å². The van der Waals surface area contributed by atoms with Gasteiger partial charge in [0.2, 0.25) is 5.91 Å². The largest absolute Gasteiger partial charge is 0.454 e. The lowest BCUT2D eigenvalue weighted by Crippen LogP contribution is -2.15. The number of aryl methyl sites for hydroxylation is 1. The van der Waals surface area contributed by atoms with Crippen LogP contribution in [0.1, 0.15) is 46.0 Å². The van der Waals surface area contributed by atoms with Crippen molar-refractivity contribution < 1.29 is 23.5 Å². The number of ether oxygens (including phenoxy) is 1. The van der Waals surface area contributed by atoms with Crippen LogP contribution in [0.4, 0.5) is 10.1 Å². The van der Waals surface area contributed by atoms with Crippen molar-refractivity contribution in [2.24, 2.45) is 0 Å². The van der Waals surface area contributed by atoms with Gasteiger partial charge < -0.3 is 10.1 Å². The Balaban J connectivity index is 1.92. The van der Waals surface area contributed by atoms with Gasteiger partial charge in [-0.2, -0.15) is 0 Å². The second kappa shape index (κ2) is 8.89. The number of hydrogen-bond acceptors (Lipinski definition) is 4. The Kier molecular flexibility index (Phi) is 6.60. The van der Waals surface area contributed by atoms with E-state index in [-0.39, 0.29) is 11.5 Å². The summed E-state index contributed by atoms with van der Waals surface area (Å²) in [6, 6.07) is 10.3. The third-order valence-electron chi connectivity index (χ3n) is 3.71. The van der Waals surface area contributed by atoms with Gasteiger partial charge in [-0.3, -0.25) is 9.59 Å². The second-order valence-electron chi connectivity index (χ2n) is 5.84. The zero-order chi connectivity index (χ0) is 19.1. The van der Waals surface area contributed by atoms with E-state index in [4.69, 9.17) is 4.74 Å². The molecule has 0 unspecified atom stereocenters. The number of amides is 1. The molecule has 2 aromatic carbocycles. The molecule has 1 N–H and O–H groups in total. The number of carbonyl (C=O) groups excluding carboxylic acids is 3. The smallest absolute Gasteiger partial charge is 0.338 e. The van der Waals surface area contributed by atoms with Gasteiger partial charge in [-0.1, -0.05) is 13.0 Å². The van der Waals surface area contributed by atoms with Crippen molar-refractivity contribution in [3.63, 3.8) is 0 Å². The van der Waals surface area contributed by atoms with E-state index in [1.807, 2.05) is 6.92 Å². The lowest BCUT2D eigenvalue weighted by molar-refractivity contribution is -0.116. The fraction of sp³-hybridized carbons (Fsp3) is 0.250. The fourth-order valence-electron chi connectivity index (χ4n) is 2.21. The predicted molar refractivity (Wildman–Crippen MR) is 95.7 cm³/mol. The first kappa shape index (κ1) is 19.3. The molecule has 0 bridgehead atoms. The molecule has 0 aromatic heterocycles. The average molecular weight is 357 g/mol. The van der Waals surface area contributed by atoms with Gasteiger partial charge in [0.1, 0.15) is 5.82 Å². The molecular formula is C20H20FNO4. The minimum atomic E-state index is -0.763. The summed E-state index contributed by atoms with van der Waals surface area (Å²) in [4.78, 5) is 35.5. The molecule has 2 aromatic rings. The summed E-state index contributed by atoms with van der Waals surface area (Å²) in [5, 5.41) is 2.72. The van der Waals surface area contributed by atoms with E-state index in [0.717, 1.165) is 12.5 Å². The first-order valence-corrected chi connectivity index (χ1v) is 8.27. The third kappa shape index (κ3) is 5.24. The molecule has 6 heteroatoms. The first-order valence-electron chi connectivity index (χ1n) is 8.27. The molecule has 0 heterocycles. The number of Topliss-reactive ketones (excluding diaryl/α,β-unsaturated/α-hetero) is 1. The normalized spacial score (nSPS) is 10.3. The van der Waals surface area contributed by atoms with Crippen molar-refractivity contribution in [1.29, 1.82) is 0 Å². The summed E-state index contributed by atoms with van der Waals surface area (Å²) in [5.41, 5.74) is 1.41. The molecule has 0 aliphatic carbocycles. The Morgan fingerprint density at radius 1 is 1.04 bits per heavy atom. The minimum absolute atomic E-state index is 0.0508. The highest BCUT2D eigenvalue weighted by Crippen LogP contribution is 2.13. The van der Waals surface area contributed by atoms with Gasteiger partial charge in [0.15, 0.2) is 12.4 Å². The number of anilines is 1. The average Bonchev–Trinajstić information content (AvgIpc) is 2.62. The monoisotopic (exact) mass is 357 g/mol. The molecular weight excluding hydrogens is 337 g/mol. The summed E-state index contributed by atoms with van der Waals surface area (Å²) in [7, 11) is 0. The number of carbonyl (C=O) groups is 3. The summed E-state index contributed by atoms with van der Waals surface area (Å²) in [6.07, 6.45) is 1.18. The number of ketones is 1. The molecule has 0 aliphatic heterocycles. The van der Waals surface area contributed by atoms with Crippen molar-refractivity contribution in [3.8, 4) is 0 Å². The van der Waals surface area contributed by atoms with Gasteiger partial charge in [-0.25, -0.2) is 9.18 Å². The van der Waals surface area contributed by atoms with E-state index in [1.165, 1.54) is 12.1 Å². The van der Waals surface area contributed by atoms with Gasteiger partial charge in [0, 0.05) is 17.7 Å². The summed E-state index contributed by atoms with van der Waals surface area (Å²) in [5.74, 6) is -1.75. The maximum absolute atomic E-state index is 13.5. The second-order valence-corrected chi connectivity index (χ2v) is 5.84. The van der Waals surface area contributed by atoms with Gasteiger partial charge >= 0.3 is 5.97 Å². The molecule has 0 aliphatic rings. The highest BCUT2D eigenvalue weighted by atomic mass is 19.1. The molecule has 0 radical (unpaired) electrons. The molecule has 0 atom stereocenters. The Morgan fingerprint density at radius 3 is 2.31 bits per heavy atom. The zero-order valence-corrected chi connectivity index (χ0v) is 14.7. The predicted octanol–water partition coefficient (Wildman–Crippen LogP) is 3.91. The van der Waals surface area contributed by atoms with E-state index in [9.17, 15) is 18.8 Å². The van der Waals surface area contributed by atoms with Crippen LogP contribution in [-0.4, -0.2) is 24.3 Å². The van der Waals surface area contributed by atoms with Crippen molar-refractivity contribution in [2.75, 3.05) is 11.9 Å². The lowest BCUT2D eigenvalue weighted by Gasteiger charge is -2.07. The highest BCUT2D eigenvalue weighted by Gasteiger charge is 2.13. The topological polar surface area (TPSA) is 72.5 Å². The summed E-state index contributed by atoms with van der Waals surface area (Å²) in [6.45, 7) is 3.05. The van der Waals surface area contributed by atoms with E-state index >= 15 is 0 Å². The maximum Gasteiger partial charge on any atom is 0.338 e. The Labute approximate surface area is 151 Å². The zero-order valence-electron chi connectivity index (χ0n) is 14.7. The molecule has 26 heavy (non-hydrogen) atoms. The Hall–Kier alpha value is -3.02. The van der Waals surface area contributed by atoms with Crippen LogP contribution in [0.2, 0.25) is 0 Å². The molecule has 1 amide bonds. The van der Waals surface area contributed by atoms with Crippen LogP contribution in [-0.2, 0) is 9.53 Å². The van der Waals surface area contributed by atoms with Gasteiger partial charge in [0.25, 0.3) is 0 Å². The summed E-state index contributed by atoms with van der Waals surface area (Å²) >= 11 is 0. The lowest BCUT2D eigenvalue weighted by atomic mass is 10.1. The van der Waals surface area contributed by atoms with Crippen LogP contribution in [0, 0.1) is 12.7 Å². The number of benzene rings is 2. The van der Waals surface area contributed by atoms with Crippen LogP contribution in [0.15, 0.2) is 42.5 Å². The maximum atomic E-state index is 13.5. The Bertz CT molecular complexity index is 815. The van der Waals surface area contributed by atoms with Crippen LogP contribution in [0.3, 0.4) is 0 Å². The minimum Gasteiger partial charge on any atom is -0.454 e. The SMILES string of the molecule is CCCC(=O)Nc1ccc(C(=O)COC(=O)c2ccc(C)c(F)c2)cc1. The van der Waals surface area contributed by atoms with Crippen molar-refractivity contribution in [3.05, 3.63) is 65.0 Å². The van der Waals surface area contributed by atoms with E-state index in [1.54, 1.807) is 31.2 Å². The van der Waals surface area contributed by atoms with Crippen LogP contribution < -0.4 is 5.32 Å². The number of hydrogen-bond donors (Lipinski definition) is 1. The van der Waals surface area contributed by atoms with E-state index in [0.29, 0.717) is 23.2 Å². The number of esters is 1. The van der Waals surface area contributed by atoms with Crippen molar-refractivity contribution in [2.45, 2.75) is 26.7 Å². The van der Waals surface area contributed by atoms with E-state index in [2.05, 4.69) is 5.32 Å². The number of nitrogens with one attached hydrogen (secondary N) is 1. The highest BCUT2D eigenvalue weighted by molar-refractivity contribution is 6.00.